The highest BCUT2D eigenvalue weighted by molar-refractivity contribution is 5.38. The van der Waals surface area contributed by atoms with Crippen molar-refractivity contribution in [3.8, 4) is 0 Å². The quantitative estimate of drug-likeness (QED) is 0.493. The van der Waals surface area contributed by atoms with Gasteiger partial charge >= 0.3 is 0 Å². The zero-order valence-corrected chi connectivity index (χ0v) is 8.29. The fraction of sp³-hybridized carbons (Fsp3) is 0.727. The monoisotopic (exact) mass is 182 g/mol. The molecule has 0 aromatic rings. The van der Waals surface area contributed by atoms with Gasteiger partial charge in [0.2, 0.25) is 0 Å². The Labute approximate surface area is 80.0 Å². The van der Waals surface area contributed by atoms with E-state index in [2.05, 4.69) is 6.58 Å². The molecule has 0 aromatic carbocycles. The summed E-state index contributed by atoms with van der Waals surface area (Å²) in [6, 6.07) is 0. The van der Waals surface area contributed by atoms with Crippen LogP contribution in [0.5, 0.6) is 0 Å². The van der Waals surface area contributed by atoms with Crippen molar-refractivity contribution >= 4 is 6.47 Å². The molecule has 1 rings (SSSR count). The lowest BCUT2D eigenvalue weighted by atomic mass is 9.83. The average Bonchev–Trinajstić information content (AvgIpc) is 2.15. The molecular weight excluding hydrogens is 164 g/mol. The summed E-state index contributed by atoms with van der Waals surface area (Å²) in [5.41, 5.74) is 0.971. The summed E-state index contributed by atoms with van der Waals surface area (Å²) in [5, 5.41) is 0. The number of hydrogen-bond acceptors (Lipinski definition) is 2. The van der Waals surface area contributed by atoms with Crippen LogP contribution >= 0.6 is 0 Å². The van der Waals surface area contributed by atoms with E-state index in [0.717, 1.165) is 5.57 Å². The molecule has 0 amide bonds. The lowest BCUT2D eigenvalue weighted by molar-refractivity contribution is -0.134. The highest BCUT2D eigenvalue weighted by Crippen LogP contribution is 2.30. The van der Waals surface area contributed by atoms with E-state index >= 15 is 0 Å². The van der Waals surface area contributed by atoms with Crippen molar-refractivity contribution in [2.24, 2.45) is 5.92 Å². The Morgan fingerprint density at radius 1 is 1.46 bits per heavy atom. The molecular formula is C11H18O2. The van der Waals surface area contributed by atoms with Gasteiger partial charge in [-0.25, -0.2) is 0 Å². The lowest BCUT2D eigenvalue weighted by Crippen LogP contribution is -2.26. The van der Waals surface area contributed by atoms with E-state index in [1.54, 1.807) is 0 Å². The zero-order valence-electron chi connectivity index (χ0n) is 8.29. The molecule has 2 nitrogen and oxygen atoms in total. The maximum Gasteiger partial charge on any atom is 0.293 e. The number of rotatable bonds is 4. The number of ether oxygens (including phenoxy) is 1. The Morgan fingerprint density at radius 3 is 2.54 bits per heavy atom. The first-order valence-corrected chi connectivity index (χ1v) is 5.00. The summed E-state index contributed by atoms with van der Waals surface area (Å²) in [7, 11) is 0. The summed E-state index contributed by atoms with van der Waals surface area (Å²) in [4.78, 5) is 10.3. The molecule has 0 N–H and O–H groups in total. The van der Waals surface area contributed by atoms with Crippen LogP contribution in [0, 0.1) is 5.92 Å². The van der Waals surface area contributed by atoms with Gasteiger partial charge in [-0.3, -0.25) is 4.79 Å². The zero-order chi connectivity index (χ0) is 9.68. The van der Waals surface area contributed by atoms with Crippen molar-refractivity contribution in [2.75, 3.05) is 0 Å². The first kappa shape index (κ1) is 10.3. The normalized spacial score (nSPS) is 20.7. The van der Waals surface area contributed by atoms with Crippen LogP contribution in [0.25, 0.3) is 0 Å². The maximum atomic E-state index is 10.3. The van der Waals surface area contributed by atoms with E-state index in [4.69, 9.17) is 4.74 Å². The minimum atomic E-state index is -0.0437. The Bertz CT molecular complexity index is 181. The third-order valence-corrected chi connectivity index (χ3v) is 2.77. The van der Waals surface area contributed by atoms with Crippen molar-refractivity contribution < 1.29 is 9.53 Å². The highest BCUT2D eigenvalue weighted by Gasteiger charge is 2.25. The molecule has 1 saturated carbocycles. The van der Waals surface area contributed by atoms with E-state index in [1.165, 1.54) is 32.1 Å². The molecule has 0 saturated heterocycles. The average molecular weight is 182 g/mol. The van der Waals surface area contributed by atoms with Gasteiger partial charge in [0, 0.05) is 0 Å². The van der Waals surface area contributed by atoms with Crippen molar-refractivity contribution in [1.29, 1.82) is 0 Å². The van der Waals surface area contributed by atoms with Gasteiger partial charge < -0.3 is 4.74 Å². The molecule has 13 heavy (non-hydrogen) atoms. The smallest absolute Gasteiger partial charge is 0.293 e. The summed E-state index contributed by atoms with van der Waals surface area (Å²) in [6.45, 7) is 6.35. The molecule has 1 aliphatic rings. The van der Waals surface area contributed by atoms with Crippen LogP contribution in [0.2, 0.25) is 0 Å². The third-order valence-electron chi connectivity index (χ3n) is 2.77. The van der Waals surface area contributed by atoms with E-state index in [9.17, 15) is 4.79 Å². The second kappa shape index (κ2) is 5.05. The molecule has 1 aliphatic carbocycles. The highest BCUT2D eigenvalue weighted by atomic mass is 16.5. The number of carbonyl (C=O) groups excluding carboxylic acids is 1. The number of hydrogen-bond donors (Lipinski definition) is 0. The van der Waals surface area contributed by atoms with Gasteiger partial charge in [0.25, 0.3) is 6.47 Å². The van der Waals surface area contributed by atoms with Gasteiger partial charge in [0.05, 0.1) is 0 Å². The van der Waals surface area contributed by atoms with Crippen LogP contribution in [0.15, 0.2) is 12.2 Å². The predicted octanol–water partition coefficient (Wildman–Crippen LogP) is 2.68. The molecule has 0 aliphatic heterocycles. The molecule has 1 fully saturated rings. The topological polar surface area (TPSA) is 26.3 Å². The second-order valence-electron chi connectivity index (χ2n) is 3.90. The van der Waals surface area contributed by atoms with Crippen LogP contribution in [0.4, 0.5) is 0 Å². The van der Waals surface area contributed by atoms with Crippen molar-refractivity contribution in [2.45, 2.75) is 45.1 Å². The SMILES string of the molecule is C=C(C)C(OC=O)C1CCCCC1. The largest absolute Gasteiger partial charge is 0.460 e. The van der Waals surface area contributed by atoms with Crippen LogP contribution in [0.1, 0.15) is 39.0 Å². The van der Waals surface area contributed by atoms with Crippen LogP contribution in [-0.4, -0.2) is 12.6 Å². The molecule has 74 valence electrons. The van der Waals surface area contributed by atoms with Crippen LogP contribution < -0.4 is 0 Å². The Balaban J connectivity index is 2.51. The first-order chi connectivity index (χ1) is 6.25. The minimum absolute atomic E-state index is 0.0437. The van der Waals surface area contributed by atoms with Crippen LogP contribution in [0.3, 0.4) is 0 Å². The Morgan fingerprint density at radius 2 is 2.08 bits per heavy atom. The first-order valence-electron chi connectivity index (χ1n) is 5.00. The molecule has 1 unspecified atom stereocenters. The third kappa shape index (κ3) is 2.87. The number of carbonyl (C=O) groups is 1. The summed E-state index contributed by atoms with van der Waals surface area (Å²) in [6.07, 6.45) is 6.14. The lowest BCUT2D eigenvalue weighted by Gasteiger charge is -2.28. The molecule has 0 spiro atoms. The maximum absolute atomic E-state index is 10.3. The van der Waals surface area contributed by atoms with Gasteiger partial charge in [-0.05, 0) is 31.3 Å². The van der Waals surface area contributed by atoms with Crippen molar-refractivity contribution in [1.82, 2.24) is 0 Å². The van der Waals surface area contributed by atoms with Gasteiger partial charge in [0.15, 0.2) is 0 Å². The Hall–Kier alpha value is -0.790. The van der Waals surface area contributed by atoms with E-state index in [-0.39, 0.29) is 6.10 Å². The molecule has 0 heterocycles. The van der Waals surface area contributed by atoms with E-state index < -0.39 is 0 Å². The fourth-order valence-corrected chi connectivity index (χ4v) is 2.13. The standard InChI is InChI=1S/C11H18O2/c1-9(2)11(13-8-12)10-6-4-3-5-7-10/h8,10-11H,1,3-7H2,2H3. The fourth-order valence-electron chi connectivity index (χ4n) is 2.13. The Kier molecular flexibility index (Phi) is 4.00. The van der Waals surface area contributed by atoms with Gasteiger partial charge in [0.1, 0.15) is 6.10 Å². The molecule has 0 bridgehead atoms. The molecule has 2 heteroatoms. The van der Waals surface area contributed by atoms with Gasteiger partial charge in [-0.1, -0.05) is 25.8 Å². The molecule has 0 aromatic heterocycles. The van der Waals surface area contributed by atoms with Crippen molar-refractivity contribution in [3.05, 3.63) is 12.2 Å². The molecule has 0 radical (unpaired) electrons. The van der Waals surface area contributed by atoms with Crippen LogP contribution in [-0.2, 0) is 9.53 Å². The van der Waals surface area contributed by atoms with Gasteiger partial charge in [-0.15, -0.1) is 0 Å². The molecule has 1 atom stereocenters. The predicted molar refractivity (Wildman–Crippen MR) is 52.3 cm³/mol. The van der Waals surface area contributed by atoms with E-state index in [0.29, 0.717) is 12.4 Å². The second-order valence-corrected chi connectivity index (χ2v) is 3.90. The van der Waals surface area contributed by atoms with E-state index in [1.807, 2.05) is 6.92 Å². The summed E-state index contributed by atoms with van der Waals surface area (Å²) >= 11 is 0. The summed E-state index contributed by atoms with van der Waals surface area (Å²) < 4.78 is 5.06. The van der Waals surface area contributed by atoms with Crippen molar-refractivity contribution in [3.63, 3.8) is 0 Å². The minimum Gasteiger partial charge on any atom is -0.460 e. The summed E-state index contributed by atoms with van der Waals surface area (Å²) in [5.74, 6) is 0.511. The van der Waals surface area contributed by atoms with Gasteiger partial charge in [-0.2, -0.15) is 0 Å².